The molecule has 0 saturated heterocycles. The quantitative estimate of drug-likeness (QED) is 0.772. The fraction of sp³-hybridized carbons (Fsp3) is 0.417. The van der Waals surface area contributed by atoms with Gasteiger partial charge in [0.25, 0.3) is 0 Å². The maximum absolute atomic E-state index is 11.9. The Hall–Kier alpha value is -1.89. The van der Waals surface area contributed by atoms with Crippen LogP contribution in [0.1, 0.15) is 19.5 Å². The van der Waals surface area contributed by atoms with Crippen molar-refractivity contribution in [2.75, 3.05) is 7.05 Å². The molecule has 0 spiro atoms. The van der Waals surface area contributed by atoms with Crippen LogP contribution in [0, 0.1) is 16.7 Å². The molecule has 1 heterocycles. The number of hydrogen-bond donors (Lipinski definition) is 0. The second kappa shape index (κ2) is 4.75. The average Bonchev–Trinajstić information content (AvgIpc) is 2.29. The van der Waals surface area contributed by atoms with E-state index >= 15 is 0 Å². The minimum absolute atomic E-state index is 0.194. The van der Waals surface area contributed by atoms with Gasteiger partial charge in [-0.25, -0.2) is 0 Å². The van der Waals surface area contributed by atoms with Crippen LogP contribution < -0.4 is 0 Å². The van der Waals surface area contributed by atoms with Gasteiger partial charge < -0.3 is 4.90 Å². The molecule has 0 aromatic carbocycles. The van der Waals surface area contributed by atoms with E-state index < -0.39 is 5.41 Å². The highest BCUT2D eigenvalue weighted by atomic mass is 16.2. The zero-order chi connectivity index (χ0) is 12.2. The highest BCUT2D eigenvalue weighted by molar-refractivity contribution is 5.84. The number of pyridine rings is 1. The van der Waals surface area contributed by atoms with Gasteiger partial charge in [0.2, 0.25) is 5.91 Å². The Morgan fingerprint density at radius 1 is 1.56 bits per heavy atom. The van der Waals surface area contributed by atoms with Crippen molar-refractivity contribution in [2.24, 2.45) is 5.41 Å². The first-order chi connectivity index (χ1) is 7.47. The Kier molecular flexibility index (Phi) is 3.62. The average molecular weight is 217 g/mol. The fourth-order valence-corrected chi connectivity index (χ4v) is 1.33. The molecule has 0 aliphatic heterocycles. The van der Waals surface area contributed by atoms with E-state index in [1.54, 1.807) is 27.1 Å². The van der Waals surface area contributed by atoms with Crippen LogP contribution >= 0.6 is 0 Å². The van der Waals surface area contributed by atoms with E-state index in [1.165, 1.54) is 4.90 Å². The molecule has 4 nitrogen and oxygen atoms in total. The van der Waals surface area contributed by atoms with E-state index in [2.05, 4.69) is 4.98 Å². The summed E-state index contributed by atoms with van der Waals surface area (Å²) in [6, 6.07) is 7.54. The number of amides is 1. The van der Waals surface area contributed by atoms with Crippen molar-refractivity contribution >= 4 is 5.91 Å². The first-order valence-electron chi connectivity index (χ1n) is 5.04. The summed E-state index contributed by atoms with van der Waals surface area (Å²) in [5.41, 5.74) is -0.170. The molecule has 1 aromatic rings. The Bertz CT molecular complexity index is 406. The zero-order valence-corrected chi connectivity index (χ0v) is 9.77. The van der Waals surface area contributed by atoms with Gasteiger partial charge in [0.1, 0.15) is 5.41 Å². The summed E-state index contributed by atoms with van der Waals surface area (Å²) < 4.78 is 0. The van der Waals surface area contributed by atoms with Crippen molar-refractivity contribution in [2.45, 2.75) is 20.4 Å². The van der Waals surface area contributed by atoms with Gasteiger partial charge in [0, 0.05) is 13.2 Å². The van der Waals surface area contributed by atoms with Crippen molar-refractivity contribution < 1.29 is 4.79 Å². The van der Waals surface area contributed by atoms with Crippen molar-refractivity contribution in [1.29, 1.82) is 5.26 Å². The topological polar surface area (TPSA) is 57.0 Å². The minimum Gasteiger partial charge on any atom is -0.338 e. The van der Waals surface area contributed by atoms with E-state index in [0.717, 1.165) is 5.69 Å². The number of carbonyl (C=O) groups is 1. The Balaban J connectivity index is 2.71. The van der Waals surface area contributed by atoms with Crippen LogP contribution in [0.5, 0.6) is 0 Å². The second-order valence-corrected chi connectivity index (χ2v) is 4.22. The molecule has 0 N–H and O–H groups in total. The lowest BCUT2D eigenvalue weighted by Crippen LogP contribution is -2.37. The molecule has 0 fully saturated rings. The Morgan fingerprint density at radius 3 is 2.75 bits per heavy atom. The highest BCUT2D eigenvalue weighted by Crippen LogP contribution is 2.17. The van der Waals surface area contributed by atoms with Gasteiger partial charge in [-0.3, -0.25) is 9.78 Å². The molecule has 0 atom stereocenters. The summed E-state index contributed by atoms with van der Waals surface area (Å²) in [5, 5.41) is 8.87. The lowest BCUT2D eigenvalue weighted by molar-refractivity contribution is -0.136. The van der Waals surface area contributed by atoms with Gasteiger partial charge in [0.05, 0.1) is 18.3 Å². The third kappa shape index (κ3) is 2.80. The van der Waals surface area contributed by atoms with Gasteiger partial charge in [-0.15, -0.1) is 0 Å². The van der Waals surface area contributed by atoms with Crippen LogP contribution in [-0.4, -0.2) is 22.8 Å². The van der Waals surface area contributed by atoms with Crippen LogP contribution in [0.25, 0.3) is 0 Å². The van der Waals surface area contributed by atoms with Gasteiger partial charge >= 0.3 is 0 Å². The van der Waals surface area contributed by atoms with Crippen molar-refractivity contribution in [3.05, 3.63) is 30.1 Å². The Labute approximate surface area is 95.5 Å². The molecule has 0 saturated carbocycles. The predicted octanol–water partition coefficient (Wildman–Crippen LogP) is 1.59. The zero-order valence-electron chi connectivity index (χ0n) is 9.77. The molecule has 0 unspecified atom stereocenters. The highest BCUT2D eigenvalue weighted by Gasteiger charge is 2.30. The van der Waals surface area contributed by atoms with Crippen molar-refractivity contribution in [1.82, 2.24) is 9.88 Å². The van der Waals surface area contributed by atoms with E-state index in [4.69, 9.17) is 5.26 Å². The number of aromatic nitrogens is 1. The fourth-order valence-electron chi connectivity index (χ4n) is 1.33. The van der Waals surface area contributed by atoms with Gasteiger partial charge in [-0.05, 0) is 26.0 Å². The largest absolute Gasteiger partial charge is 0.338 e. The van der Waals surface area contributed by atoms with Gasteiger partial charge in [-0.2, -0.15) is 5.26 Å². The van der Waals surface area contributed by atoms with Crippen LogP contribution in [0.15, 0.2) is 24.4 Å². The van der Waals surface area contributed by atoms with E-state index in [9.17, 15) is 4.79 Å². The van der Waals surface area contributed by atoms with Crippen LogP contribution in [0.3, 0.4) is 0 Å². The maximum atomic E-state index is 11.9. The molecule has 0 aliphatic carbocycles. The molecule has 4 heteroatoms. The minimum atomic E-state index is -0.983. The summed E-state index contributed by atoms with van der Waals surface area (Å²) >= 11 is 0. The molecular formula is C12H15N3O. The van der Waals surface area contributed by atoms with Gasteiger partial charge in [-0.1, -0.05) is 6.07 Å². The molecule has 1 aromatic heterocycles. The Morgan fingerprint density at radius 2 is 2.25 bits per heavy atom. The first-order valence-corrected chi connectivity index (χ1v) is 5.04. The molecular weight excluding hydrogens is 202 g/mol. The predicted molar refractivity (Wildman–Crippen MR) is 60.1 cm³/mol. The van der Waals surface area contributed by atoms with E-state index in [1.807, 2.05) is 24.3 Å². The van der Waals surface area contributed by atoms with Gasteiger partial charge in [0.15, 0.2) is 0 Å². The van der Waals surface area contributed by atoms with Crippen LogP contribution in [0.2, 0.25) is 0 Å². The van der Waals surface area contributed by atoms with E-state index in [-0.39, 0.29) is 5.91 Å². The van der Waals surface area contributed by atoms with Crippen molar-refractivity contribution in [3.63, 3.8) is 0 Å². The summed E-state index contributed by atoms with van der Waals surface area (Å²) in [7, 11) is 1.68. The summed E-state index contributed by atoms with van der Waals surface area (Å²) in [6.45, 7) is 3.65. The number of nitriles is 1. The number of hydrogen-bond acceptors (Lipinski definition) is 3. The molecule has 0 aliphatic rings. The normalized spacial score (nSPS) is 10.6. The third-order valence-electron chi connectivity index (χ3n) is 2.29. The first kappa shape index (κ1) is 12.2. The van der Waals surface area contributed by atoms with Crippen LogP contribution in [0.4, 0.5) is 0 Å². The van der Waals surface area contributed by atoms with E-state index in [0.29, 0.717) is 6.54 Å². The number of rotatable bonds is 3. The lowest BCUT2D eigenvalue weighted by atomic mass is 9.94. The lowest BCUT2D eigenvalue weighted by Gasteiger charge is -2.23. The number of nitrogens with zero attached hydrogens (tertiary/aromatic N) is 3. The molecule has 0 radical (unpaired) electrons. The molecule has 84 valence electrons. The monoisotopic (exact) mass is 217 g/mol. The van der Waals surface area contributed by atoms with Crippen molar-refractivity contribution in [3.8, 4) is 6.07 Å². The third-order valence-corrected chi connectivity index (χ3v) is 2.29. The maximum Gasteiger partial charge on any atom is 0.242 e. The molecule has 16 heavy (non-hydrogen) atoms. The number of carbonyl (C=O) groups excluding carboxylic acids is 1. The summed E-state index contributed by atoms with van der Waals surface area (Å²) in [6.07, 6.45) is 1.68. The van der Waals surface area contributed by atoms with Crippen LogP contribution in [-0.2, 0) is 11.3 Å². The molecule has 0 bridgehead atoms. The molecule has 1 amide bonds. The smallest absolute Gasteiger partial charge is 0.242 e. The standard InChI is InChI=1S/C12H15N3O/c1-12(2,9-13)11(16)15(3)8-10-6-4-5-7-14-10/h4-7H,8H2,1-3H3. The SMILES string of the molecule is CN(Cc1ccccn1)C(=O)C(C)(C)C#N. The summed E-state index contributed by atoms with van der Waals surface area (Å²) in [5.74, 6) is -0.194. The molecule has 1 rings (SSSR count). The summed E-state index contributed by atoms with van der Waals surface area (Å²) in [4.78, 5) is 17.5. The second-order valence-electron chi connectivity index (χ2n) is 4.22.